The number of nitrogens with zero attached hydrogens (tertiary/aromatic N) is 1. The predicted octanol–water partition coefficient (Wildman–Crippen LogP) is 2.22. The lowest BCUT2D eigenvalue weighted by atomic mass is 9.96. The maximum absolute atomic E-state index is 11.5. The van der Waals surface area contributed by atoms with E-state index in [9.17, 15) is 14.4 Å². The van der Waals surface area contributed by atoms with E-state index in [4.69, 9.17) is 20.7 Å². The monoisotopic (exact) mass is 372 g/mol. The molecule has 1 unspecified atom stereocenters. The Morgan fingerprint density at radius 2 is 1.81 bits per heavy atom. The predicted molar refractivity (Wildman–Crippen MR) is 96.2 cm³/mol. The zero-order valence-corrected chi connectivity index (χ0v) is 14.9. The summed E-state index contributed by atoms with van der Waals surface area (Å²) in [5, 5.41) is 17.5. The SMILES string of the molecule is Cc1cc(OC(=O)CC(=O)O)ccc1-c1cc(C(N)CC(=O)O)cnc1C. The van der Waals surface area contributed by atoms with Gasteiger partial charge < -0.3 is 20.7 Å². The van der Waals surface area contributed by atoms with Gasteiger partial charge in [0.05, 0.1) is 6.42 Å². The Hall–Kier alpha value is -3.26. The first-order valence-electron chi connectivity index (χ1n) is 8.14. The first kappa shape index (κ1) is 20.1. The number of carboxylic acid groups (broad SMARTS) is 2. The molecular formula is C19H20N2O6. The zero-order chi connectivity index (χ0) is 20.1. The quantitative estimate of drug-likeness (QED) is 0.382. The molecule has 0 bridgehead atoms. The van der Waals surface area contributed by atoms with E-state index < -0.39 is 30.4 Å². The number of aromatic nitrogens is 1. The third-order valence-electron chi connectivity index (χ3n) is 3.95. The number of carbonyl (C=O) groups is 3. The Balaban J connectivity index is 2.31. The molecule has 2 rings (SSSR count). The van der Waals surface area contributed by atoms with Gasteiger partial charge in [0.2, 0.25) is 0 Å². The summed E-state index contributed by atoms with van der Waals surface area (Å²) in [6.45, 7) is 3.63. The highest BCUT2D eigenvalue weighted by Crippen LogP contribution is 2.30. The van der Waals surface area contributed by atoms with Gasteiger partial charge >= 0.3 is 17.9 Å². The van der Waals surface area contributed by atoms with Crippen molar-refractivity contribution >= 4 is 17.9 Å². The van der Waals surface area contributed by atoms with Crippen molar-refractivity contribution in [2.45, 2.75) is 32.7 Å². The fourth-order valence-electron chi connectivity index (χ4n) is 2.62. The Kier molecular flexibility index (Phi) is 6.25. The van der Waals surface area contributed by atoms with Crippen molar-refractivity contribution in [3.63, 3.8) is 0 Å². The Morgan fingerprint density at radius 1 is 1.11 bits per heavy atom. The molecule has 0 aliphatic heterocycles. The number of esters is 1. The summed E-state index contributed by atoms with van der Waals surface area (Å²) in [7, 11) is 0. The van der Waals surface area contributed by atoms with Crippen molar-refractivity contribution in [3.05, 3.63) is 47.3 Å². The van der Waals surface area contributed by atoms with Crippen LogP contribution in [0.1, 0.15) is 35.7 Å². The topological polar surface area (TPSA) is 140 Å². The molecule has 4 N–H and O–H groups in total. The van der Waals surface area contributed by atoms with Crippen LogP contribution in [0, 0.1) is 13.8 Å². The Labute approximate surface area is 155 Å². The highest BCUT2D eigenvalue weighted by Gasteiger charge is 2.16. The Bertz CT molecular complexity index is 894. The van der Waals surface area contributed by atoms with Gasteiger partial charge in [-0.3, -0.25) is 19.4 Å². The average Bonchev–Trinajstić information content (AvgIpc) is 2.54. The number of rotatable bonds is 7. The maximum atomic E-state index is 11.5. The lowest BCUT2D eigenvalue weighted by molar-refractivity contribution is -0.146. The van der Waals surface area contributed by atoms with Gasteiger partial charge in [-0.1, -0.05) is 6.07 Å². The molecule has 8 nitrogen and oxygen atoms in total. The minimum atomic E-state index is -1.26. The number of pyridine rings is 1. The molecule has 1 aromatic carbocycles. The van der Waals surface area contributed by atoms with Gasteiger partial charge in [-0.05, 0) is 48.7 Å². The number of carbonyl (C=O) groups excluding carboxylic acids is 1. The van der Waals surface area contributed by atoms with E-state index in [1.54, 1.807) is 30.5 Å². The molecule has 0 fully saturated rings. The number of ether oxygens (including phenoxy) is 1. The van der Waals surface area contributed by atoms with Crippen LogP contribution in [0.3, 0.4) is 0 Å². The third-order valence-corrected chi connectivity index (χ3v) is 3.95. The fraction of sp³-hybridized carbons (Fsp3) is 0.263. The minimum absolute atomic E-state index is 0.207. The zero-order valence-electron chi connectivity index (χ0n) is 14.9. The van der Waals surface area contributed by atoms with Crippen LogP contribution in [0.2, 0.25) is 0 Å². The van der Waals surface area contributed by atoms with Crippen molar-refractivity contribution in [1.29, 1.82) is 0 Å². The van der Waals surface area contributed by atoms with Crippen LogP contribution in [0.4, 0.5) is 0 Å². The second-order valence-corrected chi connectivity index (χ2v) is 6.13. The van der Waals surface area contributed by atoms with Gasteiger partial charge in [0.15, 0.2) is 0 Å². The van der Waals surface area contributed by atoms with E-state index in [0.717, 1.165) is 22.4 Å². The van der Waals surface area contributed by atoms with E-state index in [-0.39, 0.29) is 12.2 Å². The maximum Gasteiger partial charge on any atom is 0.322 e. The number of carboxylic acids is 2. The number of aryl methyl sites for hydroxylation is 2. The van der Waals surface area contributed by atoms with E-state index in [2.05, 4.69) is 4.98 Å². The minimum Gasteiger partial charge on any atom is -0.481 e. The fourth-order valence-corrected chi connectivity index (χ4v) is 2.62. The molecule has 0 saturated carbocycles. The molecular weight excluding hydrogens is 352 g/mol. The number of hydrogen-bond donors (Lipinski definition) is 3. The standard InChI is InChI=1S/C19H20N2O6/c1-10-5-13(27-19(26)8-18(24)25)3-4-14(10)15-6-12(9-21-11(15)2)16(20)7-17(22)23/h3-6,9,16H,7-8,20H2,1-2H3,(H,22,23)(H,24,25). The number of nitrogens with two attached hydrogens (primary N) is 1. The van der Waals surface area contributed by atoms with Crippen molar-refractivity contribution < 1.29 is 29.3 Å². The molecule has 142 valence electrons. The number of hydrogen-bond acceptors (Lipinski definition) is 6. The van der Waals surface area contributed by atoms with Crippen LogP contribution in [0.25, 0.3) is 11.1 Å². The highest BCUT2D eigenvalue weighted by atomic mass is 16.5. The van der Waals surface area contributed by atoms with Crippen LogP contribution < -0.4 is 10.5 Å². The van der Waals surface area contributed by atoms with Crippen LogP contribution in [0.5, 0.6) is 5.75 Å². The molecule has 27 heavy (non-hydrogen) atoms. The van der Waals surface area contributed by atoms with E-state index in [1.165, 1.54) is 0 Å². The normalized spacial score (nSPS) is 11.7. The molecule has 8 heteroatoms. The summed E-state index contributed by atoms with van der Waals surface area (Å²) in [6.07, 6.45) is 0.638. The van der Waals surface area contributed by atoms with Crippen LogP contribution in [-0.4, -0.2) is 33.1 Å². The molecule has 1 atom stereocenters. The van der Waals surface area contributed by atoms with Crippen molar-refractivity contribution in [1.82, 2.24) is 4.98 Å². The molecule has 0 aliphatic carbocycles. The van der Waals surface area contributed by atoms with Crippen LogP contribution in [0.15, 0.2) is 30.5 Å². The first-order chi connectivity index (χ1) is 12.7. The largest absolute Gasteiger partial charge is 0.481 e. The number of benzene rings is 1. The van der Waals surface area contributed by atoms with Gasteiger partial charge in [0.25, 0.3) is 0 Å². The second-order valence-electron chi connectivity index (χ2n) is 6.13. The van der Waals surface area contributed by atoms with Crippen molar-refractivity contribution in [3.8, 4) is 16.9 Å². The molecule has 0 saturated heterocycles. The highest BCUT2D eigenvalue weighted by molar-refractivity contribution is 5.91. The van der Waals surface area contributed by atoms with Gasteiger partial charge in [0, 0.05) is 23.5 Å². The molecule has 1 heterocycles. The first-order valence-corrected chi connectivity index (χ1v) is 8.14. The molecule has 0 amide bonds. The van der Waals surface area contributed by atoms with Gasteiger partial charge in [-0.15, -0.1) is 0 Å². The van der Waals surface area contributed by atoms with Crippen molar-refractivity contribution in [2.24, 2.45) is 5.73 Å². The summed E-state index contributed by atoms with van der Waals surface area (Å²) >= 11 is 0. The summed E-state index contributed by atoms with van der Waals surface area (Å²) in [5.74, 6) is -2.86. The van der Waals surface area contributed by atoms with E-state index in [0.29, 0.717) is 5.56 Å². The lowest BCUT2D eigenvalue weighted by Gasteiger charge is -2.15. The van der Waals surface area contributed by atoms with Crippen LogP contribution >= 0.6 is 0 Å². The molecule has 2 aromatic rings. The molecule has 0 radical (unpaired) electrons. The molecule has 1 aromatic heterocycles. The summed E-state index contributed by atoms with van der Waals surface area (Å²) in [6, 6.07) is 6.04. The van der Waals surface area contributed by atoms with Gasteiger partial charge in [-0.25, -0.2) is 0 Å². The third kappa shape index (κ3) is 5.35. The summed E-state index contributed by atoms with van der Waals surface area (Å²) < 4.78 is 5.01. The van der Waals surface area contributed by atoms with E-state index >= 15 is 0 Å². The molecule has 0 aliphatic rings. The number of aliphatic carboxylic acids is 2. The average molecular weight is 372 g/mol. The lowest BCUT2D eigenvalue weighted by Crippen LogP contribution is -2.15. The Morgan fingerprint density at radius 3 is 2.41 bits per heavy atom. The van der Waals surface area contributed by atoms with Gasteiger partial charge in [-0.2, -0.15) is 0 Å². The van der Waals surface area contributed by atoms with E-state index in [1.807, 2.05) is 13.8 Å². The van der Waals surface area contributed by atoms with Crippen molar-refractivity contribution in [2.75, 3.05) is 0 Å². The van der Waals surface area contributed by atoms with Crippen LogP contribution in [-0.2, 0) is 14.4 Å². The molecule has 0 spiro atoms. The summed E-state index contributed by atoms with van der Waals surface area (Å²) in [4.78, 5) is 37.2. The second kappa shape index (κ2) is 8.41. The summed E-state index contributed by atoms with van der Waals surface area (Å²) in [5.41, 5.74) is 9.66. The van der Waals surface area contributed by atoms with Gasteiger partial charge in [0.1, 0.15) is 12.2 Å². The smallest absolute Gasteiger partial charge is 0.322 e.